The second kappa shape index (κ2) is 5.06. The fourth-order valence-electron chi connectivity index (χ4n) is 1.55. The second-order valence-electron chi connectivity index (χ2n) is 4.73. The molecule has 0 aromatic carbocycles. The summed E-state index contributed by atoms with van der Waals surface area (Å²) in [5.41, 5.74) is 5.87. The average molecular weight is 214 g/mol. The molecule has 1 saturated carbocycles. The zero-order valence-corrected chi connectivity index (χ0v) is 10.1. The topological polar surface area (TPSA) is 49.9 Å². The monoisotopic (exact) mass is 214 g/mol. The number of amidine groups is 1. The molecule has 3 heteroatoms. The van der Waals surface area contributed by atoms with Crippen LogP contribution in [0.3, 0.4) is 0 Å². The van der Waals surface area contributed by atoms with Crippen molar-refractivity contribution in [3.8, 4) is 0 Å². The largest absolute Gasteiger partial charge is 0.388 e. The summed E-state index contributed by atoms with van der Waals surface area (Å²) < 4.78 is 0. The number of thioether (sulfide) groups is 1. The summed E-state index contributed by atoms with van der Waals surface area (Å²) in [5.74, 6) is 3.66. The van der Waals surface area contributed by atoms with Gasteiger partial charge in [0.25, 0.3) is 0 Å². The Kier molecular flexibility index (Phi) is 4.30. The molecule has 2 nitrogen and oxygen atoms in total. The maximum absolute atomic E-state index is 7.31. The number of nitrogens with one attached hydrogen (secondary N) is 1. The number of rotatable bonds is 7. The summed E-state index contributed by atoms with van der Waals surface area (Å²) >= 11 is 2.05. The lowest BCUT2D eigenvalue weighted by Crippen LogP contribution is -2.18. The van der Waals surface area contributed by atoms with Crippen molar-refractivity contribution >= 4 is 17.6 Å². The molecule has 1 aliphatic rings. The van der Waals surface area contributed by atoms with Gasteiger partial charge in [0.2, 0.25) is 0 Å². The van der Waals surface area contributed by atoms with E-state index < -0.39 is 0 Å². The Bertz CT molecular complexity index is 199. The normalized spacial score (nSPS) is 20.4. The van der Waals surface area contributed by atoms with Crippen molar-refractivity contribution in [1.82, 2.24) is 0 Å². The fraction of sp³-hybridized carbons (Fsp3) is 0.909. The minimum atomic E-state index is 0.367. The van der Waals surface area contributed by atoms with Crippen LogP contribution in [0.15, 0.2) is 0 Å². The van der Waals surface area contributed by atoms with E-state index >= 15 is 0 Å². The molecule has 0 aliphatic heterocycles. The molecule has 0 aromatic rings. The zero-order chi connectivity index (χ0) is 10.6. The van der Waals surface area contributed by atoms with E-state index in [0.717, 1.165) is 12.3 Å². The quantitative estimate of drug-likeness (QED) is 0.506. The molecule has 0 bridgehead atoms. The van der Waals surface area contributed by atoms with Gasteiger partial charge in [-0.1, -0.05) is 20.3 Å². The Morgan fingerprint density at radius 1 is 1.57 bits per heavy atom. The van der Waals surface area contributed by atoms with Crippen LogP contribution in [0, 0.1) is 16.7 Å². The summed E-state index contributed by atoms with van der Waals surface area (Å²) in [4.78, 5) is 0. The van der Waals surface area contributed by atoms with Crippen LogP contribution in [0.4, 0.5) is 0 Å². The lowest BCUT2D eigenvalue weighted by Gasteiger charge is -2.15. The first-order valence-corrected chi connectivity index (χ1v) is 6.64. The van der Waals surface area contributed by atoms with Gasteiger partial charge in [0.05, 0.1) is 5.84 Å². The summed E-state index contributed by atoms with van der Waals surface area (Å²) in [6.07, 6.45) is 4.65. The molecule has 0 spiro atoms. The molecule has 0 aromatic heterocycles. The van der Waals surface area contributed by atoms with Gasteiger partial charge < -0.3 is 5.73 Å². The summed E-state index contributed by atoms with van der Waals surface area (Å²) in [5, 5.41) is 7.31. The highest BCUT2D eigenvalue weighted by Crippen LogP contribution is 2.51. The standard InChI is InChI=1S/C11H22N2S/c1-3-9(2)7-14-8-11(4-5-11)6-10(12)13/h9H,3-8H2,1-2H3,(H3,12,13). The van der Waals surface area contributed by atoms with Gasteiger partial charge in [0.15, 0.2) is 0 Å². The van der Waals surface area contributed by atoms with Gasteiger partial charge >= 0.3 is 0 Å². The number of hydrogen-bond acceptors (Lipinski definition) is 2. The summed E-state index contributed by atoms with van der Waals surface area (Å²) in [7, 11) is 0. The van der Waals surface area contributed by atoms with Crippen LogP contribution in [-0.2, 0) is 0 Å². The third-order valence-electron chi connectivity index (χ3n) is 3.03. The van der Waals surface area contributed by atoms with E-state index in [1.807, 2.05) is 11.8 Å². The minimum Gasteiger partial charge on any atom is -0.388 e. The Morgan fingerprint density at radius 2 is 2.21 bits per heavy atom. The first kappa shape index (κ1) is 11.9. The SMILES string of the molecule is CCC(C)CSCC1(CC(=N)N)CC1. The van der Waals surface area contributed by atoms with Gasteiger partial charge in [-0.15, -0.1) is 0 Å². The zero-order valence-electron chi connectivity index (χ0n) is 9.31. The molecule has 0 amide bonds. The van der Waals surface area contributed by atoms with E-state index in [-0.39, 0.29) is 0 Å². The molecule has 1 aliphatic carbocycles. The van der Waals surface area contributed by atoms with E-state index in [2.05, 4.69) is 13.8 Å². The molecule has 0 saturated heterocycles. The van der Waals surface area contributed by atoms with Gasteiger partial charge in [0, 0.05) is 6.42 Å². The molecule has 1 rings (SSSR count). The van der Waals surface area contributed by atoms with E-state index in [1.54, 1.807) is 0 Å². The maximum atomic E-state index is 7.31. The van der Waals surface area contributed by atoms with Crippen molar-refractivity contribution in [2.75, 3.05) is 11.5 Å². The molecule has 0 heterocycles. The summed E-state index contributed by atoms with van der Waals surface area (Å²) in [6.45, 7) is 4.55. The van der Waals surface area contributed by atoms with Crippen LogP contribution < -0.4 is 5.73 Å². The Hall–Kier alpha value is -0.180. The van der Waals surface area contributed by atoms with Crippen molar-refractivity contribution in [2.24, 2.45) is 17.1 Å². The van der Waals surface area contributed by atoms with Crippen LogP contribution in [-0.4, -0.2) is 17.3 Å². The van der Waals surface area contributed by atoms with Crippen LogP contribution in [0.1, 0.15) is 39.5 Å². The van der Waals surface area contributed by atoms with Crippen LogP contribution in [0.25, 0.3) is 0 Å². The summed E-state index contributed by atoms with van der Waals surface area (Å²) in [6, 6.07) is 0. The van der Waals surface area contributed by atoms with Crippen molar-refractivity contribution in [1.29, 1.82) is 5.41 Å². The van der Waals surface area contributed by atoms with Gasteiger partial charge in [-0.05, 0) is 35.7 Å². The van der Waals surface area contributed by atoms with Gasteiger partial charge in [0.1, 0.15) is 0 Å². The molecular weight excluding hydrogens is 192 g/mol. The smallest absolute Gasteiger partial charge is 0.0911 e. The first-order valence-electron chi connectivity index (χ1n) is 5.48. The van der Waals surface area contributed by atoms with Crippen molar-refractivity contribution in [3.05, 3.63) is 0 Å². The first-order chi connectivity index (χ1) is 6.58. The lowest BCUT2D eigenvalue weighted by atomic mass is 10.1. The molecule has 1 fully saturated rings. The predicted molar refractivity (Wildman–Crippen MR) is 65.0 cm³/mol. The maximum Gasteiger partial charge on any atom is 0.0911 e. The van der Waals surface area contributed by atoms with Gasteiger partial charge in [-0.3, -0.25) is 5.41 Å². The molecule has 0 radical (unpaired) electrons. The molecule has 3 N–H and O–H groups in total. The average Bonchev–Trinajstić information content (AvgIpc) is 2.83. The fourth-order valence-corrected chi connectivity index (χ4v) is 3.13. The lowest BCUT2D eigenvalue weighted by molar-refractivity contribution is 0.604. The van der Waals surface area contributed by atoms with E-state index in [1.165, 1.54) is 30.8 Å². The van der Waals surface area contributed by atoms with E-state index in [4.69, 9.17) is 11.1 Å². The molecule has 14 heavy (non-hydrogen) atoms. The highest BCUT2D eigenvalue weighted by atomic mass is 32.2. The van der Waals surface area contributed by atoms with Gasteiger partial charge in [-0.25, -0.2) is 0 Å². The van der Waals surface area contributed by atoms with Crippen molar-refractivity contribution in [2.45, 2.75) is 39.5 Å². The van der Waals surface area contributed by atoms with Crippen LogP contribution in [0.5, 0.6) is 0 Å². The Labute approximate surface area is 91.5 Å². The van der Waals surface area contributed by atoms with Crippen molar-refractivity contribution in [3.63, 3.8) is 0 Å². The van der Waals surface area contributed by atoms with Crippen molar-refractivity contribution < 1.29 is 0 Å². The highest BCUT2D eigenvalue weighted by molar-refractivity contribution is 7.99. The Balaban J connectivity index is 2.14. The molecule has 82 valence electrons. The molecule has 1 atom stereocenters. The minimum absolute atomic E-state index is 0.367. The number of hydrogen-bond donors (Lipinski definition) is 2. The third kappa shape index (κ3) is 3.91. The van der Waals surface area contributed by atoms with Gasteiger partial charge in [-0.2, -0.15) is 11.8 Å². The van der Waals surface area contributed by atoms with Crippen LogP contribution in [0.2, 0.25) is 0 Å². The van der Waals surface area contributed by atoms with E-state index in [0.29, 0.717) is 11.3 Å². The molecule has 1 unspecified atom stereocenters. The molecular formula is C11H22N2S. The Morgan fingerprint density at radius 3 is 2.64 bits per heavy atom. The predicted octanol–water partition coefficient (Wildman–Crippen LogP) is 2.87. The van der Waals surface area contributed by atoms with Crippen LogP contribution >= 0.6 is 11.8 Å². The van der Waals surface area contributed by atoms with E-state index in [9.17, 15) is 0 Å². The number of nitrogens with two attached hydrogens (primary N) is 1. The third-order valence-corrected chi connectivity index (χ3v) is 4.65. The highest BCUT2D eigenvalue weighted by Gasteiger charge is 2.42. The second-order valence-corrected chi connectivity index (χ2v) is 5.76.